The molecule has 0 unspecified atom stereocenters. The van der Waals surface area contributed by atoms with E-state index in [0.29, 0.717) is 49.5 Å². The lowest BCUT2D eigenvalue weighted by Gasteiger charge is -2.06. The molecular weight excluding hydrogens is 334 g/mol. The number of hydrogen-bond donors (Lipinski definition) is 1. The van der Waals surface area contributed by atoms with Gasteiger partial charge < -0.3 is 14.6 Å². The minimum absolute atomic E-state index is 0.000204. The predicted octanol–water partition coefficient (Wildman–Crippen LogP) is 2.66. The largest absolute Gasteiger partial charge is 0.465 e. The third-order valence-electron chi connectivity index (χ3n) is 3.91. The molecule has 7 heteroatoms. The smallest absolute Gasteiger partial charge is 0.337 e. The van der Waals surface area contributed by atoms with Gasteiger partial charge >= 0.3 is 5.97 Å². The molecule has 7 nitrogen and oxygen atoms in total. The quantitative estimate of drug-likeness (QED) is 0.692. The van der Waals surface area contributed by atoms with Crippen LogP contribution in [-0.2, 0) is 22.4 Å². The predicted molar refractivity (Wildman–Crippen MR) is 95.8 cm³/mol. The first-order valence-corrected chi connectivity index (χ1v) is 8.76. The van der Waals surface area contributed by atoms with E-state index in [-0.39, 0.29) is 17.8 Å². The number of ether oxygens (including phenoxy) is 1. The van der Waals surface area contributed by atoms with E-state index in [2.05, 4.69) is 20.2 Å². The van der Waals surface area contributed by atoms with Crippen molar-refractivity contribution in [2.24, 2.45) is 0 Å². The highest BCUT2D eigenvalue weighted by Gasteiger charge is 2.10. The monoisotopic (exact) mass is 359 g/mol. The van der Waals surface area contributed by atoms with Crippen LogP contribution in [0.15, 0.2) is 28.8 Å². The van der Waals surface area contributed by atoms with Gasteiger partial charge in [-0.25, -0.2) is 4.79 Å². The zero-order valence-corrected chi connectivity index (χ0v) is 15.4. The van der Waals surface area contributed by atoms with Crippen molar-refractivity contribution in [1.82, 2.24) is 15.5 Å². The van der Waals surface area contributed by atoms with Gasteiger partial charge in [-0.3, -0.25) is 4.79 Å². The second-order valence-electron chi connectivity index (χ2n) is 6.34. The van der Waals surface area contributed by atoms with Crippen LogP contribution in [0.25, 0.3) is 0 Å². The summed E-state index contributed by atoms with van der Waals surface area (Å²) in [4.78, 5) is 27.5. The van der Waals surface area contributed by atoms with Gasteiger partial charge in [-0.05, 0) is 30.5 Å². The Labute approximate surface area is 153 Å². The summed E-state index contributed by atoms with van der Waals surface area (Å²) in [5.74, 6) is 1.15. The lowest BCUT2D eigenvalue weighted by molar-refractivity contribution is -0.121. The van der Waals surface area contributed by atoms with Gasteiger partial charge in [-0.2, -0.15) is 4.98 Å². The molecular formula is C19H25N3O4. The van der Waals surface area contributed by atoms with E-state index in [9.17, 15) is 9.59 Å². The van der Waals surface area contributed by atoms with Crippen LogP contribution >= 0.6 is 0 Å². The molecule has 0 atom stereocenters. The van der Waals surface area contributed by atoms with Crippen molar-refractivity contribution in [3.63, 3.8) is 0 Å². The van der Waals surface area contributed by atoms with Crippen LogP contribution in [0, 0.1) is 0 Å². The fraction of sp³-hybridized carbons (Fsp3) is 0.474. The van der Waals surface area contributed by atoms with Crippen LogP contribution in [0.2, 0.25) is 0 Å². The Morgan fingerprint density at radius 2 is 1.92 bits per heavy atom. The number of carbonyl (C=O) groups excluding carboxylic acids is 2. The summed E-state index contributed by atoms with van der Waals surface area (Å²) in [6.07, 6.45) is 2.39. The minimum atomic E-state index is -0.355. The first-order valence-electron chi connectivity index (χ1n) is 8.76. The van der Waals surface area contributed by atoms with Crippen LogP contribution in [0.5, 0.6) is 0 Å². The molecule has 0 bridgehead atoms. The number of carbonyl (C=O) groups is 2. The number of aryl methyl sites for hydroxylation is 1. The molecule has 140 valence electrons. The molecule has 2 aromatic rings. The van der Waals surface area contributed by atoms with E-state index in [1.807, 2.05) is 26.0 Å². The molecule has 0 aliphatic carbocycles. The van der Waals surface area contributed by atoms with Crippen molar-refractivity contribution < 1.29 is 18.8 Å². The lowest BCUT2D eigenvalue weighted by Crippen LogP contribution is -2.25. The van der Waals surface area contributed by atoms with Crippen LogP contribution in [0.3, 0.4) is 0 Å². The molecule has 1 aromatic heterocycles. The average molecular weight is 359 g/mol. The van der Waals surface area contributed by atoms with Crippen LogP contribution < -0.4 is 5.32 Å². The molecule has 1 amide bonds. The molecule has 1 heterocycles. The van der Waals surface area contributed by atoms with Gasteiger partial charge in [0.1, 0.15) is 0 Å². The summed E-state index contributed by atoms with van der Waals surface area (Å²) in [5.41, 5.74) is 1.56. The van der Waals surface area contributed by atoms with Crippen LogP contribution in [0.1, 0.15) is 60.2 Å². The van der Waals surface area contributed by atoms with Crippen molar-refractivity contribution in [2.75, 3.05) is 13.7 Å². The first kappa shape index (κ1) is 19.6. The molecule has 0 saturated carbocycles. The van der Waals surface area contributed by atoms with E-state index in [1.54, 1.807) is 12.1 Å². The number of esters is 1. The van der Waals surface area contributed by atoms with Gasteiger partial charge in [0.15, 0.2) is 5.82 Å². The van der Waals surface area contributed by atoms with E-state index in [0.717, 1.165) is 5.56 Å². The Bertz CT molecular complexity index is 723. The second-order valence-corrected chi connectivity index (χ2v) is 6.34. The molecule has 1 aromatic carbocycles. The summed E-state index contributed by atoms with van der Waals surface area (Å²) >= 11 is 0. The molecule has 0 spiro atoms. The maximum absolute atomic E-state index is 11.9. The summed E-state index contributed by atoms with van der Waals surface area (Å²) in [6.45, 7) is 4.56. The zero-order chi connectivity index (χ0) is 18.9. The van der Waals surface area contributed by atoms with E-state index in [4.69, 9.17) is 4.52 Å². The molecule has 0 aliphatic rings. The Morgan fingerprint density at radius 1 is 1.19 bits per heavy atom. The SMILES string of the molecule is COC(=O)c1ccc(CCNC(=O)CCCc2nc(C(C)C)no2)cc1. The van der Waals surface area contributed by atoms with E-state index < -0.39 is 0 Å². The van der Waals surface area contributed by atoms with Crippen molar-refractivity contribution in [1.29, 1.82) is 0 Å². The lowest BCUT2D eigenvalue weighted by atomic mass is 10.1. The third kappa shape index (κ3) is 5.98. The molecule has 0 radical (unpaired) electrons. The van der Waals surface area contributed by atoms with E-state index in [1.165, 1.54) is 7.11 Å². The maximum Gasteiger partial charge on any atom is 0.337 e. The molecule has 26 heavy (non-hydrogen) atoms. The number of benzene rings is 1. The number of amides is 1. The summed E-state index contributed by atoms with van der Waals surface area (Å²) < 4.78 is 9.82. The molecule has 0 aliphatic heterocycles. The van der Waals surface area contributed by atoms with Gasteiger partial charge in [0.2, 0.25) is 11.8 Å². The topological polar surface area (TPSA) is 94.3 Å². The number of nitrogens with zero attached hydrogens (tertiary/aromatic N) is 2. The van der Waals surface area contributed by atoms with Crippen molar-refractivity contribution >= 4 is 11.9 Å². The van der Waals surface area contributed by atoms with Crippen LogP contribution in [-0.4, -0.2) is 35.7 Å². The third-order valence-corrected chi connectivity index (χ3v) is 3.91. The second kappa shape index (κ2) is 9.70. The van der Waals surface area contributed by atoms with Gasteiger partial charge in [0, 0.05) is 25.3 Å². The average Bonchev–Trinajstić information content (AvgIpc) is 3.11. The maximum atomic E-state index is 11.9. The summed E-state index contributed by atoms with van der Waals surface area (Å²) in [6, 6.07) is 7.16. The number of aromatic nitrogens is 2. The number of nitrogens with one attached hydrogen (secondary N) is 1. The van der Waals surface area contributed by atoms with Gasteiger partial charge in [0.25, 0.3) is 0 Å². The zero-order valence-electron chi connectivity index (χ0n) is 15.4. The Morgan fingerprint density at radius 3 is 2.54 bits per heavy atom. The van der Waals surface area contributed by atoms with Crippen molar-refractivity contribution in [2.45, 2.75) is 45.4 Å². The number of methoxy groups -OCH3 is 1. The van der Waals surface area contributed by atoms with Crippen molar-refractivity contribution in [3.05, 3.63) is 47.1 Å². The fourth-order valence-corrected chi connectivity index (χ4v) is 2.36. The van der Waals surface area contributed by atoms with Gasteiger partial charge in [0.05, 0.1) is 12.7 Å². The Kier molecular flexibility index (Phi) is 7.32. The van der Waals surface area contributed by atoms with E-state index >= 15 is 0 Å². The molecule has 0 saturated heterocycles. The molecule has 0 fully saturated rings. The summed E-state index contributed by atoms with van der Waals surface area (Å²) in [7, 11) is 1.35. The first-order chi connectivity index (χ1) is 12.5. The normalized spacial score (nSPS) is 10.8. The fourth-order valence-electron chi connectivity index (χ4n) is 2.36. The Hall–Kier alpha value is -2.70. The summed E-state index contributed by atoms with van der Waals surface area (Å²) in [5, 5.41) is 6.80. The Balaban J connectivity index is 1.64. The highest BCUT2D eigenvalue weighted by Crippen LogP contribution is 2.11. The molecule has 1 N–H and O–H groups in total. The van der Waals surface area contributed by atoms with Gasteiger partial charge in [-0.15, -0.1) is 0 Å². The minimum Gasteiger partial charge on any atom is -0.465 e. The van der Waals surface area contributed by atoms with Crippen LogP contribution in [0.4, 0.5) is 0 Å². The number of hydrogen-bond acceptors (Lipinski definition) is 6. The highest BCUT2D eigenvalue weighted by molar-refractivity contribution is 5.89. The van der Waals surface area contributed by atoms with Crippen molar-refractivity contribution in [3.8, 4) is 0 Å². The highest BCUT2D eigenvalue weighted by atomic mass is 16.5. The molecule has 2 rings (SSSR count). The standard InChI is InChI=1S/C19H25N3O4/c1-13(2)18-21-17(26-22-18)6-4-5-16(23)20-12-11-14-7-9-15(10-8-14)19(24)25-3/h7-10,13H,4-6,11-12H2,1-3H3,(H,20,23). The van der Waals surface area contributed by atoms with Gasteiger partial charge in [-0.1, -0.05) is 31.1 Å². The number of rotatable bonds is 9.